The first-order valence-corrected chi connectivity index (χ1v) is 7.52. The Morgan fingerprint density at radius 3 is 2.67 bits per heavy atom. The van der Waals surface area contributed by atoms with Crippen molar-refractivity contribution < 1.29 is 0 Å². The second kappa shape index (κ2) is 6.58. The molecule has 0 radical (unpaired) electrons. The molecule has 1 fully saturated rings. The Morgan fingerprint density at radius 1 is 1.28 bits per heavy atom. The average Bonchev–Trinajstić information content (AvgIpc) is 2.41. The average molecular weight is 266 g/mol. The summed E-state index contributed by atoms with van der Waals surface area (Å²) in [7, 11) is 2.05. The van der Waals surface area contributed by atoms with E-state index in [0.29, 0.717) is 6.04 Å². The number of hydrogen-bond acceptors (Lipinski definition) is 1. The number of hydrogen-bond donors (Lipinski definition) is 1. The molecule has 0 spiro atoms. The van der Waals surface area contributed by atoms with Gasteiger partial charge in [0.05, 0.1) is 0 Å². The van der Waals surface area contributed by atoms with Gasteiger partial charge < -0.3 is 5.32 Å². The van der Waals surface area contributed by atoms with Gasteiger partial charge in [0.1, 0.15) is 0 Å². The quantitative estimate of drug-likeness (QED) is 0.818. The predicted octanol–water partition coefficient (Wildman–Crippen LogP) is 4.88. The van der Waals surface area contributed by atoms with Gasteiger partial charge in [-0.1, -0.05) is 61.9 Å². The smallest absolute Gasteiger partial charge is 0.0482 e. The van der Waals surface area contributed by atoms with Crippen LogP contribution in [0, 0.1) is 12.8 Å². The fourth-order valence-corrected chi connectivity index (χ4v) is 3.35. The summed E-state index contributed by atoms with van der Waals surface area (Å²) in [5, 5.41) is 4.39. The molecule has 1 aromatic rings. The molecule has 1 unspecified atom stereocenters. The number of benzene rings is 1. The normalized spacial score (nSPS) is 18.8. The van der Waals surface area contributed by atoms with Gasteiger partial charge in [0.25, 0.3) is 0 Å². The minimum atomic E-state index is 0.403. The van der Waals surface area contributed by atoms with Crippen LogP contribution in [0.4, 0.5) is 0 Å². The van der Waals surface area contributed by atoms with Gasteiger partial charge in [-0.15, -0.1) is 0 Å². The fourth-order valence-electron chi connectivity index (χ4n) is 3.10. The van der Waals surface area contributed by atoms with Crippen LogP contribution in [0.2, 0.25) is 5.02 Å². The summed E-state index contributed by atoms with van der Waals surface area (Å²) in [5.74, 6) is 0.868. The van der Waals surface area contributed by atoms with E-state index < -0.39 is 0 Å². The minimum absolute atomic E-state index is 0.403. The minimum Gasteiger partial charge on any atom is -0.313 e. The van der Waals surface area contributed by atoms with E-state index in [1.165, 1.54) is 49.7 Å². The highest BCUT2D eigenvalue weighted by atomic mass is 35.5. The van der Waals surface area contributed by atoms with Crippen LogP contribution in [-0.2, 0) is 0 Å². The van der Waals surface area contributed by atoms with Crippen LogP contribution < -0.4 is 5.32 Å². The topological polar surface area (TPSA) is 12.0 Å². The standard InChI is InChI=1S/C16H24ClN/c1-12-7-6-10-14(16(12)17)15(18-2)11-13-8-4-3-5-9-13/h6-7,10,13,15,18H,3-5,8-9,11H2,1-2H3. The van der Waals surface area contributed by atoms with Crippen molar-refractivity contribution >= 4 is 11.6 Å². The summed E-state index contributed by atoms with van der Waals surface area (Å²) < 4.78 is 0. The molecule has 1 nitrogen and oxygen atoms in total. The molecular weight excluding hydrogens is 242 g/mol. The van der Waals surface area contributed by atoms with Crippen molar-refractivity contribution in [2.45, 2.75) is 51.5 Å². The molecule has 0 bridgehead atoms. The SMILES string of the molecule is CNC(CC1CCCCC1)c1cccc(C)c1Cl. The van der Waals surface area contributed by atoms with E-state index in [-0.39, 0.29) is 0 Å². The van der Waals surface area contributed by atoms with Gasteiger partial charge in [0.2, 0.25) is 0 Å². The Labute approximate surface area is 116 Å². The van der Waals surface area contributed by atoms with Crippen LogP contribution in [0.5, 0.6) is 0 Å². The first-order chi connectivity index (χ1) is 8.72. The lowest BCUT2D eigenvalue weighted by Gasteiger charge is -2.27. The molecule has 1 atom stereocenters. The third-order valence-corrected chi connectivity index (χ3v) is 4.76. The number of halogens is 1. The van der Waals surface area contributed by atoms with Crippen molar-refractivity contribution in [1.29, 1.82) is 0 Å². The van der Waals surface area contributed by atoms with Crippen molar-refractivity contribution in [3.63, 3.8) is 0 Å². The van der Waals surface area contributed by atoms with Gasteiger partial charge in [-0.3, -0.25) is 0 Å². The summed E-state index contributed by atoms with van der Waals surface area (Å²) in [6.45, 7) is 2.08. The molecule has 1 saturated carbocycles. The Bertz CT molecular complexity index is 383. The molecule has 0 heterocycles. The maximum absolute atomic E-state index is 6.44. The maximum Gasteiger partial charge on any atom is 0.0482 e. The molecule has 0 amide bonds. The third kappa shape index (κ3) is 3.27. The van der Waals surface area contributed by atoms with Gasteiger partial charge in [-0.25, -0.2) is 0 Å². The maximum atomic E-state index is 6.44. The van der Waals surface area contributed by atoms with Gasteiger partial charge in [-0.05, 0) is 37.4 Å². The van der Waals surface area contributed by atoms with Crippen molar-refractivity contribution in [2.75, 3.05) is 7.05 Å². The van der Waals surface area contributed by atoms with Crippen LogP contribution in [-0.4, -0.2) is 7.05 Å². The second-order valence-corrected chi connectivity index (χ2v) is 5.94. The van der Waals surface area contributed by atoms with Crippen LogP contribution in [0.15, 0.2) is 18.2 Å². The van der Waals surface area contributed by atoms with E-state index in [9.17, 15) is 0 Å². The van der Waals surface area contributed by atoms with Crippen LogP contribution in [0.1, 0.15) is 55.7 Å². The molecule has 1 N–H and O–H groups in total. The van der Waals surface area contributed by atoms with E-state index in [0.717, 1.165) is 10.9 Å². The zero-order valence-corrected chi connectivity index (χ0v) is 12.3. The van der Waals surface area contributed by atoms with E-state index in [4.69, 9.17) is 11.6 Å². The third-order valence-electron chi connectivity index (χ3n) is 4.24. The van der Waals surface area contributed by atoms with Gasteiger partial charge in [0, 0.05) is 11.1 Å². The molecule has 2 rings (SSSR count). The largest absolute Gasteiger partial charge is 0.313 e. The lowest BCUT2D eigenvalue weighted by atomic mass is 9.83. The summed E-state index contributed by atoms with van der Waals surface area (Å²) in [4.78, 5) is 0. The summed E-state index contributed by atoms with van der Waals surface area (Å²) >= 11 is 6.44. The highest BCUT2D eigenvalue weighted by Crippen LogP contribution is 2.34. The molecule has 0 aromatic heterocycles. The predicted molar refractivity (Wildman–Crippen MR) is 79.2 cm³/mol. The molecule has 100 valence electrons. The molecule has 0 saturated heterocycles. The second-order valence-electron chi connectivity index (χ2n) is 5.56. The molecule has 1 aliphatic carbocycles. The van der Waals surface area contributed by atoms with E-state index in [1.54, 1.807) is 0 Å². The first kappa shape index (κ1) is 13.9. The molecule has 2 heteroatoms. The van der Waals surface area contributed by atoms with Crippen LogP contribution >= 0.6 is 11.6 Å². The number of aryl methyl sites for hydroxylation is 1. The van der Waals surface area contributed by atoms with Gasteiger partial charge in [-0.2, -0.15) is 0 Å². The highest BCUT2D eigenvalue weighted by molar-refractivity contribution is 6.32. The summed E-state index contributed by atoms with van der Waals surface area (Å²) in [6, 6.07) is 6.76. The molecule has 1 aromatic carbocycles. The number of rotatable bonds is 4. The zero-order chi connectivity index (χ0) is 13.0. The lowest BCUT2D eigenvalue weighted by molar-refractivity contribution is 0.306. The van der Waals surface area contributed by atoms with Crippen molar-refractivity contribution in [1.82, 2.24) is 5.32 Å². The monoisotopic (exact) mass is 265 g/mol. The Kier molecular flexibility index (Phi) is 5.08. The highest BCUT2D eigenvalue weighted by Gasteiger charge is 2.20. The molecular formula is C16H24ClN. The van der Waals surface area contributed by atoms with E-state index in [2.05, 4.69) is 30.4 Å². The van der Waals surface area contributed by atoms with E-state index in [1.807, 2.05) is 7.05 Å². The lowest BCUT2D eigenvalue weighted by Crippen LogP contribution is -2.21. The van der Waals surface area contributed by atoms with Crippen molar-refractivity contribution in [3.05, 3.63) is 34.3 Å². The Balaban J connectivity index is 2.09. The fraction of sp³-hybridized carbons (Fsp3) is 0.625. The van der Waals surface area contributed by atoms with Crippen molar-refractivity contribution in [3.8, 4) is 0 Å². The summed E-state index contributed by atoms with van der Waals surface area (Å²) in [6.07, 6.45) is 8.24. The van der Waals surface area contributed by atoms with Crippen LogP contribution in [0.25, 0.3) is 0 Å². The Morgan fingerprint density at radius 2 is 2.00 bits per heavy atom. The van der Waals surface area contributed by atoms with Crippen molar-refractivity contribution in [2.24, 2.45) is 5.92 Å². The van der Waals surface area contributed by atoms with Crippen LogP contribution in [0.3, 0.4) is 0 Å². The van der Waals surface area contributed by atoms with E-state index >= 15 is 0 Å². The molecule has 1 aliphatic rings. The zero-order valence-electron chi connectivity index (χ0n) is 11.5. The summed E-state index contributed by atoms with van der Waals surface area (Å²) in [5.41, 5.74) is 2.45. The first-order valence-electron chi connectivity index (χ1n) is 7.14. The molecule has 18 heavy (non-hydrogen) atoms. The Hall–Kier alpha value is -0.530. The van der Waals surface area contributed by atoms with Gasteiger partial charge >= 0.3 is 0 Å². The number of nitrogens with one attached hydrogen (secondary N) is 1. The van der Waals surface area contributed by atoms with Gasteiger partial charge in [0.15, 0.2) is 0 Å². The molecule has 0 aliphatic heterocycles.